The van der Waals surface area contributed by atoms with Gasteiger partial charge in [-0.1, -0.05) is 30.3 Å². The number of amides is 1. The van der Waals surface area contributed by atoms with Gasteiger partial charge in [0.05, 0.1) is 11.8 Å². The summed E-state index contributed by atoms with van der Waals surface area (Å²) in [5.74, 6) is -0.0159. The minimum atomic E-state index is -1.54. The molecule has 1 fully saturated rings. The molecule has 0 spiro atoms. The van der Waals surface area contributed by atoms with Crippen molar-refractivity contribution in [3.63, 3.8) is 0 Å². The van der Waals surface area contributed by atoms with Gasteiger partial charge in [-0.05, 0) is 87.2 Å². The number of aliphatic hydroxyl groups is 1. The Bertz CT molecular complexity index is 1700. The number of benzene rings is 3. The van der Waals surface area contributed by atoms with Crippen LogP contribution in [0.15, 0.2) is 78.9 Å². The third kappa shape index (κ3) is 5.62. The number of rotatable bonds is 10. The SMILES string of the molecule is C[C@](O)(CCC(=O)c1ccc(OC2CC2)c(-c2ccccc2)c1)c1cc2c(c(-c3ccc(F)cc3)n1)OC[C@]2(C)C(N)=O. The molecule has 8 heteroatoms. The molecule has 0 unspecified atom stereocenters. The number of primary amides is 1. The molecule has 3 aromatic carbocycles. The van der Waals surface area contributed by atoms with Crippen LogP contribution in [0.25, 0.3) is 22.4 Å². The lowest BCUT2D eigenvalue weighted by Crippen LogP contribution is -2.40. The molecule has 220 valence electrons. The number of nitrogens with zero attached hydrogens (tertiary/aromatic N) is 1. The number of aromatic nitrogens is 1. The maximum Gasteiger partial charge on any atom is 0.231 e. The zero-order valence-electron chi connectivity index (χ0n) is 24.1. The average molecular weight is 581 g/mol. The summed E-state index contributed by atoms with van der Waals surface area (Å²) in [4.78, 5) is 30.7. The molecule has 1 amide bonds. The molecule has 1 aliphatic heterocycles. The van der Waals surface area contributed by atoms with Crippen molar-refractivity contribution < 1.29 is 28.6 Å². The summed E-state index contributed by atoms with van der Waals surface area (Å²) in [5.41, 5.74) is 7.07. The number of nitrogens with two attached hydrogens (primary N) is 1. The van der Waals surface area contributed by atoms with Crippen molar-refractivity contribution in [2.24, 2.45) is 5.73 Å². The number of carbonyl (C=O) groups excluding carboxylic acids is 2. The third-order valence-corrected chi connectivity index (χ3v) is 8.33. The summed E-state index contributed by atoms with van der Waals surface area (Å²) < 4.78 is 25.7. The van der Waals surface area contributed by atoms with Crippen LogP contribution < -0.4 is 15.2 Å². The van der Waals surface area contributed by atoms with Crippen LogP contribution in [0.4, 0.5) is 4.39 Å². The molecule has 1 aliphatic carbocycles. The predicted octanol–water partition coefficient (Wildman–Crippen LogP) is 6.10. The maximum absolute atomic E-state index is 13.7. The van der Waals surface area contributed by atoms with Gasteiger partial charge in [0.15, 0.2) is 5.78 Å². The Morgan fingerprint density at radius 2 is 1.79 bits per heavy atom. The Kier molecular flexibility index (Phi) is 7.26. The monoisotopic (exact) mass is 580 g/mol. The van der Waals surface area contributed by atoms with Gasteiger partial charge in [-0.3, -0.25) is 9.59 Å². The van der Waals surface area contributed by atoms with Crippen molar-refractivity contribution in [3.8, 4) is 33.9 Å². The van der Waals surface area contributed by atoms with Crippen molar-refractivity contribution >= 4 is 11.7 Å². The summed E-state index contributed by atoms with van der Waals surface area (Å²) in [7, 11) is 0. The molecule has 0 saturated heterocycles. The molecular formula is C35H33FN2O5. The second-order valence-electron chi connectivity index (χ2n) is 11.8. The van der Waals surface area contributed by atoms with E-state index < -0.39 is 22.7 Å². The first-order valence-electron chi connectivity index (χ1n) is 14.4. The van der Waals surface area contributed by atoms with Gasteiger partial charge >= 0.3 is 0 Å². The molecule has 2 atom stereocenters. The molecule has 7 nitrogen and oxygen atoms in total. The summed E-state index contributed by atoms with van der Waals surface area (Å²) in [6.07, 6.45) is 2.36. The van der Waals surface area contributed by atoms with E-state index in [0.29, 0.717) is 28.1 Å². The lowest BCUT2D eigenvalue weighted by atomic mass is 9.81. The molecular weight excluding hydrogens is 547 g/mol. The number of hydrogen-bond acceptors (Lipinski definition) is 6. The number of Topliss-reactive ketones (excluding diaryl/α,β-unsaturated/α-hetero) is 1. The van der Waals surface area contributed by atoms with Gasteiger partial charge in [0.2, 0.25) is 5.91 Å². The van der Waals surface area contributed by atoms with E-state index in [-0.39, 0.29) is 37.0 Å². The normalized spacial score (nSPS) is 18.8. The van der Waals surface area contributed by atoms with Gasteiger partial charge in [-0.15, -0.1) is 0 Å². The van der Waals surface area contributed by atoms with Crippen molar-refractivity contribution in [2.75, 3.05) is 6.61 Å². The summed E-state index contributed by atoms with van der Waals surface area (Å²) >= 11 is 0. The minimum absolute atomic E-state index is 0.0157. The van der Waals surface area contributed by atoms with E-state index >= 15 is 0 Å². The Morgan fingerprint density at radius 3 is 2.47 bits per heavy atom. The van der Waals surface area contributed by atoms with Gasteiger partial charge in [0.25, 0.3) is 0 Å². The van der Waals surface area contributed by atoms with Crippen LogP contribution in [0.2, 0.25) is 0 Å². The zero-order valence-corrected chi connectivity index (χ0v) is 24.1. The highest BCUT2D eigenvalue weighted by Crippen LogP contribution is 2.46. The van der Waals surface area contributed by atoms with Crippen LogP contribution in [0.1, 0.15) is 61.1 Å². The van der Waals surface area contributed by atoms with Crippen molar-refractivity contribution in [2.45, 2.75) is 56.7 Å². The maximum atomic E-state index is 13.7. The molecule has 6 rings (SSSR count). The fourth-order valence-corrected chi connectivity index (χ4v) is 5.31. The van der Waals surface area contributed by atoms with Gasteiger partial charge < -0.3 is 20.3 Å². The number of hydrogen-bond donors (Lipinski definition) is 2. The second-order valence-corrected chi connectivity index (χ2v) is 11.8. The highest BCUT2D eigenvalue weighted by molar-refractivity contribution is 5.98. The van der Waals surface area contributed by atoms with Gasteiger partial charge in [-0.25, -0.2) is 9.37 Å². The van der Waals surface area contributed by atoms with E-state index in [9.17, 15) is 19.1 Å². The standard InChI is InChI=1S/C35H33FN2O5/c1-34(33(37)40)20-42-32-27(34)19-30(38-31(32)22-8-11-24(36)12-9-22)35(2,41)17-16-28(39)23-10-15-29(43-25-13-14-25)26(18-23)21-6-4-3-5-7-21/h3-12,15,18-19,25,41H,13-14,16-17,20H2,1-2H3,(H2,37,40)/t34-,35-/m0/s1. The zero-order chi connectivity index (χ0) is 30.4. The largest absolute Gasteiger partial charge is 0.490 e. The van der Waals surface area contributed by atoms with Crippen LogP contribution in [-0.4, -0.2) is 34.5 Å². The first kappa shape index (κ1) is 28.6. The van der Waals surface area contributed by atoms with E-state index in [2.05, 4.69) is 0 Å². The van der Waals surface area contributed by atoms with E-state index in [0.717, 1.165) is 29.7 Å². The Hall–Kier alpha value is -4.56. The number of halogens is 1. The fraction of sp³-hybridized carbons (Fsp3) is 0.286. The van der Waals surface area contributed by atoms with E-state index in [1.54, 1.807) is 38.1 Å². The third-order valence-electron chi connectivity index (χ3n) is 8.33. The van der Waals surface area contributed by atoms with Gasteiger partial charge in [0.1, 0.15) is 40.6 Å². The highest BCUT2D eigenvalue weighted by Gasteiger charge is 2.45. The first-order valence-corrected chi connectivity index (χ1v) is 14.4. The number of fused-ring (bicyclic) bond motifs is 1. The Balaban J connectivity index is 1.30. The smallest absolute Gasteiger partial charge is 0.231 e. The van der Waals surface area contributed by atoms with Gasteiger partial charge in [-0.2, -0.15) is 0 Å². The molecule has 4 aromatic rings. The molecule has 1 saturated carbocycles. The summed E-state index contributed by atoms with van der Waals surface area (Å²) in [6.45, 7) is 3.28. The van der Waals surface area contributed by atoms with Crippen LogP contribution >= 0.6 is 0 Å². The number of ether oxygens (including phenoxy) is 2. The van der Waals surface area contributed by atoms with Crippen molar-refractivity contribution in [1.82, 2.24) is 4.98 Å². The average Bonchev–Trinajstić information content (AvgIpc) is 3.76. The topological polar surface area (TPSA) is 112 Å². The second kappa shape index (κ2) is 10.9. The molecule has 0 radical (unpaired) electrons. The van der Waals surface area contributed by atoms with Crippen LogP contribution in [0.3, 0.4) is 0 Å². The predicted molar refractivity (Wildman–Crippen MR) is 160 cm³/mol. The molecule has 3 N–H and O–H groups in total. The summed E-state index contributed by atoms with van der Waals surface area (Å²) in [6, 6.07) is 22.6. The fourth-order valence-electron chi connectivity index (χ4n) is 5.31. The lowest BCUT2D eigenvalue weighted by Gasteiger charge is -2.26. The van der Waals surface area contributed by atoms with Crippen LogP contribution in [0.5, 0.6) is 11.5 Å². The van der Waals surface area contributed by atoms with E-state index in [1.807, 2.05) is 42.5 Å². The van der Waals surface area contributed by atoms with Crippen LogP contribution in [0, 0.1) is 5.82 Å². The quantitative estimate of drug-likeness (QED) is 0.219. The molecule has 0 bridgehead atoms. The van der Waals surface area contributed by atoms with E-state index in [4.69, 9.17) is 20.2 Å². The van der Waals surface area contributed by atoms with Crippen molar-refractivity contribution in [1.29, 1.82) is 0 Å². The number of carbonyl (C=O) groups is 2. The number of ketones is 1. The van der Waals surface area contributed by atoms with Gasteiger partial charge in [0, 0.05) is 28.7 Å². The summed E-state index contributed by atoms with van der Waals surface area (Å²) in [5, 5.41) is 11.7. The minimum Gasteiger partial charge on any atom is -0.490 e. The molecule has 1 aromatic heterocycles. The Labute approximate surface area is 249 Å². The Morgan fingerprint density at radius 1 is 1.07 bits per heavy atom. The van der Waals surface area contributed by atoms with Crippen molar-refractivity contribution in [3.05, 3.63) is 102 Å². The molecule has 2 aliphatic rings. The number of pyridine rings is 1. The van der Waals surface area contributed by atoms with E-state index in [1.165, 1.54) is 12.1 Å². The first-order chi connectivity index (χ1) is 20.5. The molecule has 2 heterocycles. The lowest BCUT2D eigenvalue weighted by molar-refractivity contribution is -0.123. The highest BCUT2D eigenvalue weighted by atomic mass is 19.1. The van der Waals surface area contributed by atoms with Crippen LogP contribution in [-0.2, 0) is 15.8 Å². The molecule has 43 heavy (non-hydrogen) atoms.